The van der Waals surface area contributed by atoms with Gasteiger partial charge < -0.3 is 0 Å². The molecule has 0 radical (unpaired) electrons. The van der Waals surface area contributed by atoms with Crippen molar-refractivity contribution in [3.8, 4) is 0 Å². The molecule has 0 amide bonds. The molecule has 0 saturated heterocycles. The van der Waals surface area contributed by atoms with Crippen molar-refractivity contribution in [3.05, 3.63) is 34.9 Å². The molecule has 0 bridgehead atoms. The molecule has 0 aliphatic heterocycles. The molecule has 0 nitrogen and oxygen atoms in total. The van der Waals surface area contributed by atoms with Crippen LogP contribution in [0.5, 0.6) is 0 Å². The van der Waals surface area contributed by atoms with Gasteiger partial charge in [0, 0.05) is 0 Å². The summed E-state index contributed by atoms with van der Waals surface area (Å²) in [5, 5.41) is 0. The average molecular weight is 285 g/mol. The minimum atomic E-state index is -0.299. The third-order valence-electron chi connectivity index (χ3n) is 2.64. The van der Waals surface area contributed by atoms with Crippen molar-refractivity contribution in [2.45, 2.75) is 64.4 Å². The molecule has 0 aromatic carbocycles. The van der Waals surface area contributed by atoms with Crippen LogP contribution >= 0.6 is 25.3 Å². The summed E-state index contributed by atoms with van der Waals surface area (Å²) in [5.74, 6) is 0. The number of hydrogen-bond donors (Lipinski definition) is 2. The van der Waals surface area contributed by atoms with Crippen LogP contribution in [0.3, 0.4) is 0 Å². The van der Waals surface area contributed by atoms with Crippen LogP contribution in [0.15, 0.2) is 34.9 Å². The Morgan fingerprint density at radius 2 is 1.39 bits per heavy atom. The standard InChI is InChI=1S/C16H28S2/c1-13(2)8-6-9-14(3)10-7-11-15(4)12-16(5,17)18/h8,10,12,17-18H,6-7,9,11H2,1-5H3. The normalized spacial score (nSPS) is 13.7. The molecular weight excluding hydrogens is 256 g/mol. The second kappa shape index (κ2) is 8.92. The van der Waals surface area contributed by atoms with Crippen molar-refractivity contribution in [1.29, 1.82) is 0 Å². The molecule has 18 heavy (non-hydrogen) atoms. The van der Waals surface area contributed by atoms with E-state index in [-0.39, 0.29) is 4.08 Å². The number of thiol groups is 2. The molecular formula is C16H28S2. The number of allylic oxidation sites excluding steroid dienone is 5. The van der Waals surface area contributed by atoms with Crippen LogP contribution in [0.1, 0.15) is 60.3 Å². The summed E-state index contributed by atoms with van der Waals surface area (Å²) in [6.07, 6.45) is 11.3. The number of rotatable bonds is 7. The maximum atomic E-state index is 4.39. The van der Waals surface area contributed by atoms with Gasteiger partial charge in [-0.25, -0.2) is 0 Å². The first-order chi connectivity index (χ1) is 8.20. The Morgan fingerprint density at radius 3 is 1.89 bits per heavy atom. The predicted molar refractivity (Wildman–Crippen MR) is 91.8 cm³/mol. The largest absolute Gasteiger partial charge is 0.158 e. The summed E-state index contributed by atoms with van der Waals surface area (Å²) in [4.78, 5) is 0. The zero-order valence-electron chi connectivity index (χ0n) is 12.5. The van der Waals surface area contributed by atoms with Crippen molar-refractivity contribution in [2.75, 3.05) is 0 Å². The highest BCUT2D eigenvalue weighted by Gasteiger charge is 2.07. The summed E-state index contributed by atoms with van der Waals surface area (Å²) in [6.45, 7) is 10.7. The van der Waals surface area contributed by atoms with Gasteiger partial charge in [-0.3, -0.25) is 0 Å². The second-order valence-corrected chi connectivity index (χ2v) is 7.70. The molecule has 0 fully saturated rings. The molecule has 0 rings (SSSR count). The first-order valence-electron chi connectivity index (χ1n) is 6.63. The van der Waals surface area contributed by atoms with Crippen LogP contribution in [0, 0.1) is 0 Å². The van der Waals surface area contributed by atoms with Crippen LogP contribution in [-0.4, -0.2) is 4.08 Å². The van der Waals surface area contributed by atoms with E-state index in [1.165, 1.54) is 23.1 Å². The van der Waals surface area contributed by atoms with E-state index in [4.69, 9.17) is 0 Å². The Balaban J connectivity index is 4.02. The van der Waals surface area contributed by atoms with Gasteiger partial charge in [0.25, 0.3) is 0 Å². The quantitative estimate of drug-likeness (QED) is 0.320. The molecule has 0 atom stereocenters. The van der Waals surface area contributed by atoms with E-state index in [1.807, 2.05) is 6.92 Å². The highest BCUT2D eigenvalue weighted by molar-refractivity contribution is 8.00. The molecule has 0 aliphatic carbocycles. The zero-order chi connectivity index (χ0) is 14.2. The molecule has 2 heteroatoms. The Bertz CT molecular complexity index is 323. The topological polar surface area (TPSA) is 0 Å². The highest BCUT2D eigenvalue weighted by atomic mass is 32.2. The lowest BCUT2D eigenvalue weighted by Crippen LogP contribution is -2.01. The first-order valence-corrected chi connectivity index (χ1v) is 7.52. The van der Waals surface area contributed by atoms with E-state index in [9.17, 15) is 0 Å². The molecule has 0 aromatic rings. The SMILES string of the molecule is CC(C)=CCCC(C)=CCCC(C)=CC(C)(S)S. The molecule has 0 spiro atoms. The molecule has 104 valence electrons. The maximum absolute atomic E-state index is 4.39. The molecule has 0 saturated carbocycles. The van der Waals surface area contributed by atoms with Crippen molar-refractivity contribution in [1.82, 2.24) is 0 Å². The first kappa shape index (κ1) is 17.9. The van der Waals surface area contributed by atoms with Gasteiger partial charge in [0.05, 0.1) is 4.08 Å². The van der Waals surface area contributed by atoms with Gasteiger partial charge in [0.15, 0.2) is 0 Å². The van der Waals surface area contributed by atoms with Gasteiger partial charge in [-0.05, 0) is 60.3 Å². The van der Waals surface area contributed by atoms with Crippen molar-refractivity contribution in [3.63, 3.8) is 0 Å². The van der Waals surface area contributed by atoms with E-state index in [2.05, 4.69) is 71.2 Å². The van der Waals surface area contributed by atoms with Crippen LogP contribution in [-0.2, 0) is 0 Å². The summed E-state index contributed by atoms with van der Waals surface area (Å²) >= 11 is 8.78. The summed E-state index contributed by atoms with van der Waals surface area (Å²) in [5.41, 5.74) is 4.25. The van der Waals surface area contributed by atoms with Gasteiger partial charge in [-0.2, -0.15) is 25.3 Å². The Hall–Kier alpha value is -0.0800. The maximum Gasteiger partial charge on any atom is 0.0707 e. The van der Waals surface area contributed by atoms with E-state index in [1.54, 1.807) is 0 Å². The smallest absolute Gasteiger partial charge is 0.0707 e. The van der Waals surface area contributed by atoms with Crippen molar-refractivity contribution < 1.29 is 0 Å². The summed E-state index contributed by atoms with van der Waals surface area (Å²) < 4.78 is -0.299. The lowest BCUT2D eigenvalue weighted by atomic mass is 10.1. The van der Waals surface area contributed by atoms with Gasteiger partial charge in [0.2, 0.25) is 0 Å². The van der Waals surface area contributed by atoms with E-state index in [0.717, 1.165) is 19.3 Å². The minimum Gasteiger partial charge on any atom is -0.158 e. The lowest BCUT2D eigenvalue weighted by Gasteiger charge is -2.12. The fourth-order valence-corrected chi connectivity index (χ4v) is 2.22. The average Bonchev–Trinajstić information content (AvgIpc) is 2.13. The third kappa shape index (κ3) is 12.4. The van der Waals surface area contributed by atoms with Crippen LogP contribution < -0.4 is 0 Å². The lowest BCUT2D eigenvalue weighted by molar-refractivity contribution is 0.912. The van der Waals surface area contributed by atoms with Crippen molar-refractivity contribution in [2.24, 2.45) is 0 Å². The monoisotopic (exact) mass is 284 g/mol. The van der Waals surface area contributed by atoms with Gasteiger partial charge in [-0.15, -0.1) is 0 Å². The fraction of sp³-hybridized carbons (Fsp3) is 0.625. The highest BCUT2D eigenvalue weighted by Crippen LogP contribution is 2.23. The zero-order valence-corrected chi connectivity index (χ0v) is 14.2. The van der Waals surface area contributed by atoms with Crippen LogP contribution in [0.25, 0.3) is 0 Å². The Labute approximate surface area is 124 Å². The third-order valence-corrected chi connectivity index (χ3v) is 2.90. The summed E-state index contributed by atoms with van der Waals surface area (Å²) in [6, 6.07) is 0. The van der Waals surface area contributed by atoms with Crippen LogP contribution in [0.2, 0.25) is 0 Å². The van der Waals surface area contributed by atoms with E-state index < -0.39 is 0 Å². The summed E-state index contributed by atoms with van der Waals surface area (Å²) in [7, 11) is 0. The molecule has 0 aromatic heterocycles. The second-order valence-electron chi connectivity index (χ2n) is 5.49. The van der Waals surface area contributed by atoms with Gasteiger partial charge >= 0.3 is 0 Å². The molecule has 0 N–H and O–H groups in total. The molecule has 0 aliphatic rings. The van der Waals surface area contributed by atoms with Crippen molar-refractivity contribution >= 4 is 25.3 Å². The number of hydrogen-bond acceptors (Lipinski definition) is 2. The molecule has 0 unspecified atom stereocenters. The fourth-order valence-electron chi connectivity index (χ4n) is 1.78. The predicted octanol–water partition coefficient (Wildman–Crippen LogP) is 5.98. The molecule has 0 heterocycles. The Morgan fingerprint density at radius 1 is 0.889 bits per heavy atom. The minimum absolute atomic E-state index is 0.299. The van der Waals surface area contributed by atoms with E-state index >= 15 is 0 Å². The van der Waals surface area contributed by atoms with Gasteiger partial charge in [0.1, 0.15) is 0 Å². The van der Waals surface area contributed by atoms with Crippen LogP contribution in [0.4, 0.5) is 0 Å². The van der Waals surface area contributed by atoms with E-state index in [0.29, 0.717) is 0 Å². The Kier molecular flexibility index (Phi) is 8.89. The van der Waals surface area contributed by atoms with Gasteiger partial charge in [-0.1, -0.05) is 34.9 Å².